The molecule has 1 aliphatic rings. The van der Waals surface area contributed by atoms with Crippen LogP contribution in [0, 0.1) is 17.7 Å². The Labute approximate surface area is 190 Å². The van der Waals surface area contributed by atoms with E-state index in [2.05, 4.69) is 37.0 Å². The maximum Gasteiger partial charge on any atom is 0.164 e. The lowest BCUT2D eigenvalue weighted by molar-refractivity contribution is 0.443. The van der Waals surface area contributed by atoms with Crippen molar-refractivity contribution in [3.05, 3.63) is 75.9 Å². The molecule has 3 rings (SSSR count). The summed E-state index contributed by atoms with van der Waals surface area (Å²) < 4.78 is 42.7. The third-order valence-electron chi connectivity index (χ3n) is 6.23. The van der Waals surface area contributed by atoms with E-state index < -0.39 is 17.5 Å². The largest absolute Gasteiger partial charge is 0.209 e. The smallest absolute Gasteiger partial charge is 0.164 e. The molecule has 2 aromatic rings. The fraction of sp³-hybridized carbons (Fsp3) is 0.448. The Kier molecular flexibility index (Phi) is 9.03. The van der Waals surface area contributed by atoms with Crippen molar-refractivity contribution in [1.82, 2.24) is 0 Å². The highest BCUT2D eigenvalue weighted by molar-refractivity contribution is 5.62. The maximum atomic E-state index is 14.5. The number of aryl methyl sites for hydroxylation is 1. The van der Waals surface area contributed by atoms with E-state index in [0.29, 0.717) is 17.9 Å². The first-order valence-corrected chi connectivity index (χ1v) is 12.0. The summed E-state index contributed by atoms with van der Waals surface area (Å²) in [5.41, 5.74) is 3.74. The van der Waals surface area contributed by atoms with E-state index in [1.54, 1.807) is 6.07 Å². The van der Waals surface area contributed by atoms with Gasteiger partial charge in [0.1, 0.15) is 11.6 Å². The average molecular weight is 439 g/mol. The quantitative estimate of drug-likeness (QED) is 0.378. The molecule has 0 unspecified atom stereocenters. The summed E-state index contributed by atoms with van der Waals surface area (Å²) in [7, 11) is 0. The van der Waals surface area contributed by atoms with E-state index in [9.17, 15) is 13.2 Å². The molecule has 0 aromatic heterocycles. The number of rotatable bonds is 7. The molecular weight excluding hydrogens is 405 g/mol. The number of hydrogen-bond acceptors (Lipinski definition) is 0. The standard InChI is InChI=1S/C29H33F3/c1-3-5-12-27(30)29(32)25-18-15-22(20-28(25)31)14-17-24-16-13-21(9-4-2)19-26(24)23-10-7-6-8-11-23/h13,15-16,18-20,23H,3-12H2,1-2H3/b29-27+. The van der Waals surface area contributed by atoms with Crippen molar-refractivity contribution in [2.75, 3.05) is 0 Å². The van der Waals surface area contributed by atoms with Crippen molar-refractivity contribution in [1.29, 1.82) is 0 Å². The highest BCUT2D eigenvalue weighted by Gasteiger charge is 2.18. The lowest BCUT2D eigenvalue weighted by atomic mass is 9.81. The van der Waals surface area contributed by atoms with Crippen LogP contribution in [0.15, 0.2) is 42.2 Å². The van der Waals surface area contributed by atoms with Gasteiger partial charge in [-0.3, -0.25) is 0 Å². The Hall–Kier alpha value is -2.47. The van der Waals surface area contributed by atoms with Crippen LogP contribution in [0.5, 0.6) is 0 Å². The number of hydrogen-bond donors (Lipinski definition) is 0. The van der Waals surface area contributed by atoms with Gasteiger partial charge >= 0.3 is 0 Å². The average Bonchev–Trinajstić information content (AvgIpc) is 2.82. The molecule has 32 heavy (non-hydrogen) atoms. The Morgan fingerprint density at radius 2 is 1.72 bits per heavy atom. The van der Waals surface area contributed by atoms with E-state index in [0.717, 1.165) is 24.8 Å². The van der Waals surface area contributed by atoms with Crippen molar-refractivity contribution in [2.45, 2.75) is 84.0 Å². The van der Waals surface area contributed by atoms with Crippen molar-refractivity contribution in [3.8, 4) is 11.8 Å². The summed E-state index contributed by atoms with van der Waals surface area (Å²) in [6, 6.07) is 10.5. The van der Waals surface area contributed by atoms with Crippen LogP contribution in [-0.2, 0) is 6.42 Å². The predicted molar refractivity (Wildman–Crippen MR) is 127 cm³/mol. The molecule has 1 aliphatic carbocycles. The second-order valence-corrected chi connectivity index (χ2v) is 8.77. The molecule has 1 saturated carbocycles. The van der Waals surface area contributed by atoms with Crippen LogP contribution in [0.3, 0.4) is 0 Å². The Morgan fingerprint density at radius 1 is 0.938 bits per heavy atom. The lowest BCUT2D eigenvalue weighted by Crippen LogP contribution is -2.07. The summed E-state index contributed by atoms with van der Waals surface area (Å²) in [6.45, 7) is 4.08. The molecule has 0 spiro atoms. The van der Waals surface area contributed by atoms with Crippen LogP contribution < -0.4 is 0 Å². The fourth-order valence-corrected chi connectivity index (χ4v) is 4.42. The third-order valence-corrected chi connectivity index (χ3v) is 6.23. The Morgan fingerprint density at radius 3 is 2.41 bits per heavy atom. The van der Waals surface area contributed by atoms with E-state index in [1.165, 1.54) is 55.4 Å². The highest BCUT2D eigenvalue weighted by Crippen LogP contribution is 2.35. The van der Waals surface area contributed by atoms with Crippen molar-refractivity contribution < 1.29 is 13.2 Å². The normalized spacial score (nSPS) is 15.2. The number of unbranched alkanes of at least 4 members (excludes halogenated alkanes) is 1. The zero-order valence-electron chi connectivity index (χ0n) is 19.2. The molecule has 3 heteroatoms. The summed E-state index contributed by atoms with van der Waals surface area (Å²) >= 11 is 0. The maximum absolute atomic E-state index is 14.5. The molecule has 170 valence electrons. The van der Waals surface area contributed by atoms with Crippen LogP contribution in [0.25, 0.3) is 5.83 Å². The van der Waals surface area contributed by atoms with Crippen LogP contribution in [0.1, 0.15) is 105 Å². The number of benzene rings is 2. The number of allylic oxidation sites excluding steroid dienone is 1. The summed E-state index contributed by atoms with van der Waals surface area (Å²) in [4.78, 5) is 0. The molecule has 0 amide bonds. The topological polar surface area (TPSA) is 0 Å². The molecule has 1 fully saturated rings. The summed E-state index contributed by atoms with van der Waals surface area (Å²) in [5.74, 6) is 4.00. The van der Waals surface area contributed by atoms with Crippen molar-refractivity contribution in [2.24, 2.45) is 0 Å². The molecule has 0 aliphatic heterocycles. The minimum absolute atomic E-state index is 0.0126. The molecule has 0 heterocycles. The van der Waals surface area contributed by atoms with Gasteiger partial charge in [0.2, 0.25) is 0 Å². The zero-order chi connectivity index (χ0) is 22.9. The van der Waals surface area contributed by atoms with E-state index >= 15 is 0 Å². The van der Waals surface area contributed by atoms with Crippen LogP contribution in [0.2, 0.25) is 0 Å². The molecule has 0 atom stereocenters. The van der Waals surface area contributed by atoms with E-state index in [-0.39, 0.29) is 12.0 Å². The van der Waals surface area contributed by atoms with Gasteiger partial charge in [0.15, 0.2) is 5.83 Å². The molecule has 0 radical (unpaired) electrons. The first kappa shape index (κ1) is 24.2. The van der Waals surface area contributed by atoms with Crippen LogP contribution >= 0.6 is 0 Å². The van der Waals surface area contributed by atoms with Gasteiger partial charge in [0, 0.05) is 23.1 Å². The first-order chi connectivity index (χ1) is 15.5. The SMILES string of the molecule is CCCC/C(F)=C(\F)c1ccc(C#Cc2ccc(CCC)cc2C2CCCCC2)cc1F. The molecule has 2 aromatic carbocycles. The highest BCUT2D eigenvalue weighted by atomic mass is 19.2. The lowest BCUT2D eigenvalue weighted by Gasteiger charge is -2.23. The molecular formula is C29H33F3. The summed E-state index contributed by atoms with van der Waals surface area (Å²) in [6.07, 6.45) is 9.57. The van der Waals surface area contributed by atoms with E-state index in [1.807, 2.05) is 6.92 Å². The van der Waals surface area contributed by atoms with Gasteiger partial charge in [0.05, 0.1) is 0 Å². The van der Waals surface area contributed by atoms with E-state index in [4.69, 9.17) is 0 Å². The molecule has 0 saturated heterocycles. The minimum Gasteiger partial charge on any atom is -0.209 e. The summed E-state index contributed by atoms with van der Waals surface area (Å²) in [5, 5.41) is 0. The van der Waals surface area contributed by atoms with Crippen molar-refractivity contribution in [3.63, 3.8) is 0 Å². The van der Waals surface area contributed by atoms with Crippen LogP contribution in [-0.4, -0.2) is 0 Å². The third kappa shape index (κ3) is 6.28. The zero-order valence-corrected chi connectivity index (χ0v) is 19.2. The van der Waals surface area contributed by atoms with Crippen LogP contribution in [0.4, 0.5) is 13.2 Å². The van der Waals surface area contributed by atoms with Gasteiger partial charge in [-0.1, -0.05) is 69.9 Å². The van der Waals surface area contributed by atoms with Crippen molar-refractivity contribution >= 4 is 5.83 Å². The minimum atomic E-state index is -1.11. The fourth-order valence-electron chi connectivity index (χ4n) is 4.42. The molecule has 0 nitrogen and oxygen atoms in total. The van der Waals surface area contributed by atoms with Gasteiger partial charge in [-0.15, -0.1) is 0 Å². The Balaban J connectivity index is 1.88. The van der Waals surface area contributed by atoms with Gasteiger partial charge in [0.25, 0.3) is 0 Å². The van der Waals surface area contributed by atoms with Gasteiger partial charge in [-0.2, -0.15) is 0 Å². The van der Waals surface area contributed by atoms with Gasteiger partial charge < -0.3 is 0 Å². The monoisotopic (exact) mass is 438 g/mol. The predicted octanol–water partition coefficient (Wildman–Crippen LogP) is 9.02. The molecule has 0 N–H and O–H groups in total. The second kappa shape index (κ2) is 12.0. The molecule has 0 bridgehead atoms. The second-order valence-electron chi connectivity index (χ2n) is 8.77. The van der Waals surface area contributed by atoms with Gasteiger partial charge in [-0.05, 0) is 67.0 Å². The first-order valence-electron chi connectivity index (χ1n) is 12.0. The Bertz CT molecular complexity index is 1000. The number of halogens is 3. The van der Waals surface area contributed by atoms with Gasteiger partial charge in [-0.25, -0.2) is 13.2 Å².